The fraction of sp³-hybridized carbons (Fsp3) is 0.222. The number of carbonyl (C=O) groups excluding carboxylic acids is 1. The van der Waals surface area contributed by atoms with Gasteiger partial charge in [-0.15, -0.1) is 0 Å². The first-order valence-electron chi connectivity index (χ1n) is 4.15. The number of esters is 1. The number of rotatable bonds is 3. The van der Waals surface area contributed by atoms with Gasteiger partial charge in [-0.2, -0.15) is 4.39 Å². The van der Waals surface area contributed by atoms with E-state index in [-0.39, 0.29) is 0 Å². The second kappa shape index (κ2) is 4.56. The third-order valence-electron chi connectivity index (χ3n) is 1.63. The number of carbonyl (C=O) groups is 1. The molecule has 88 valence electrons. The van der Waals surface area contributed by atoms with Crippen LogP contribution in [0.15, 0.2) is 29.2 Å². The normalized spacial score (nSPS) is 13.2. The molecule has 4 nitrogen and oxygen atoms in total. The molecule has 0 N–H and O–H groups in total. The standard InChI is InChI=1S/C9H8F2O4S/c1-6(12)15-9(11)16(13,14)8-4-2-3-7(10)5-8/h2-5,9H,1H3. The van der Waals surface area contributed by atoms with Crippen molar-refractivity contribution < 1.29 is 26.7 Å². The number of hydrogen-bond donors (Lipinski definition) is 0. The molecule has 0 aromatic heterocycles. The van der Waals surface area contributed by atoms with Gasteiger partial charge in [-0.25, -0.2) is 12.8 Å². The van der Waals surface area contributed by atoms with Crippen LogP contribution in [-0.4, -0.2) is 20.1 Å². The molecule has 0 saturated heterocycles. The van der Waals surface area contributed by atoms with Crippen molar-refractivity contribution >= 4 is 15.8 Å². The summed E-state index contributed by atoms with van der Waals surface area (Å²) in [6.45, 7) is 0.869. The Balaban J connectivity index is 3.07. The number of benzene rings is 1. The van der Waals surface area contributed by atoms with Crippen LogP contribution in [0, 0.1) is 5.82 Å². The first-order valence-corrected chi connectivity index (χ1v) is 5.69. The zero-order valence-electron chi connectivity index (χ0n) is 8.18. The van der Waals surface area contributed by atoms with Gasteiger partial charge in [0.25, 0.3) is 0 Å². The second-order valence-electron chi connectivity index (χ2n) is 2.89. The molecule has 0 aliphatic carbocycles. The Morgan fingerprint density at radius 1 is 1.44 bits per heavy atom. The molecule has 1 aromatic rings. The Hall–Kier alpha value is -1.50. The smallest absolute Gasteiger partial charge is 0.346 e. The van der Waals surface area contributed by atoms with Crippen LogP contribution in [0.5, 0.6) is 0 Å². The highest BCUT2D eigenvalue weighted by Gasteiger charge is 2.30. The van der Waals surface area contributed by atoms with Crippen molar-refractivity contribution in [3.8, 4) is 0 Å². The van der Waals surface area contributed by atoms with Crippen molar-refractivity contribution in [3.63, 3.8) is 0 Å². The van der Waals surface area contributed by atoms with Crippen LogP contribution >= 0.6 is 0 Å². The highest BCUT2D eigenvalue weighted by Crippen LogP contribution is 2.18. The summed E-state index contributed by atoms with van der Waals surface area (Å²) in [6, 6.07) is 3.78. The van der Waals surface area contributed by atoms with Crippen LogP contribution < -0.4 is 0 Å². The fourth-order valence-electron chi connectivity index (χ4n) is 0.945. The van der Waals surface area contributed by atoms with E-state index in [1.807, 2.05) is 0 Å². The van der Waals surface area contributed by atoms with Crippen molar-refractivity contribution in [1.29, 1.82) is 0 Å². The number of hydrogen-bond acceptors (Lipinski definition) is 4. The van der Waals surface area contributed by atoms with Crippen LogP contribution in [0.2, 0.25) is 0 Å². The van der Waals surface area contributed by atoms with Crippen molar-refractivity contribution in [1.82, 2.24) is 0 Å². The Kier molecular flexibility index (Phi) is 3.58. The van der Waals surface area contributed by atoms with E-state index < -0.39 is 32.2 Å². The Bertz CT molecular complexity index is 498. The fourth-order valence-corrected chi connectivity index (χ4v) is 1.97. The quantitative estimate of drug-likeness (QED) is 0.761. The number of alkyl halides is 1. The van der Waals surface area contributed by atoms with Gasteiger partial charge >= 0.3 is 11.7 Å². The van der Waals surface area contributed by atoms with Crippen LogP contribution in [0.1, 0.15) is 6.92 Å². The Labute approximate surface area is 90.8 Å². The van der Waals surface area contributed by atoms with Gasteiger partial charge in [0.2, 0.25) is 9.84 Å². The van der Waals surface area contributed by atoms with Crippen LogP contribution in [0.3, 0.4) is 0 Å². The maximum atomic E-state index is 13.1. The summed E-state index contributed by atoms with van der Waals surface area (Å²) in [6.07, 6.45) is 0. The monoisotopic (exact) mass is 250 g/mol. The molecule has 0 heterocycles. The molecule has 1 aromatic carbocycles. The molecule has 1 unspecified atom stereocenters. The lowest BCUT2D eigenvalue weighted by Crippen LogP contribution is -2.22. The van der Waals surface area contributed by atoms with E-state index in [0.717, 1.165) is 25.1 Å². The molecule has 16 heavy (non-hydrogen) atoms. The van der Waals surface area contributed by atoms with Gasteiger partial charge in [-0.1, -0.05) is 6.07 Å². The van der Waals surface area contributed by atoms with E-state index >= 15 is 0 Å². The number of ether oxygens (including phenoxy) is 1. The average molecular weight is 250 g/mol. The van der Waals surface area contributed by atoms with Crippen molar-refractivity contribution in [2.24, 2.45) is 0 Å². The first-order chi connectivity index (χ1) is 7.34. The first kappa shape index (κ1) is 12.6. The van der Waals surface area contributed by atoms with Crippen molar-refractivity contribution in [3.05, 3.63) is 30.1 Å². The van der Waals surface area contributed by atoms with E-state index in [4.69, 9.17) is 0 Å². The minimum Gasteiger partial charge on any atom is -0.417 e. The van der Waals surface area contributed by atoms with Crippen LogP contribution in [0.4, 0.5) is 8.78 Å². The molecule has 0 saturated carbocycles. The van der Waals surface area contributed by atoms with E-state index in [1.54, 1.807) is 0 Å². The molecule has 0 bridgehead atoms. The van der Waals surface area contributed by atoms with Gasteiger partial charge < -0.3 is 4.74 Å². The van der Waals surface area contributed by atoms with Gasteiger partial charge in [0.15, 0.2) is 0 Å². The van der Waals surface area contributed by atoms with E-state index in [0.29, 0.717) is 6.07 Å². The van der Waals surface area contributed by atoms with Crippen molar-refractivity contribution in [2.75, 3.05) is 0 Å². The molecule has 1 rings (SSSR count). The lowest BCUT2D eigenvalue weighted by Gasteiger charge is -2.09. The highest BCUT2D eigenvalue weighted by molar-refractivity contribution is 7.91. The Morgan fingerprint density at radius 2 is 2.06 bits per heavy atom. The van der Waals surface area contributed by atoms with Gasteiger partial charge in [0, 0.05) is 6.92 Å². The molecular weight excluding hydrogens is 242 g/mol. The van der Waals surface area contributed by atoms with E-state index in [2.05, 4.69) is 4.74 Å². The highest BCUT2D eigenvalue weighted by atomic mass is 32.2. The maximum Gasteiger partial charge on any atom is 0.346 e. The number of sulfone groups is 1. The largest absolute Gasteiger partial charge is 0.417 e. The molecule has 0 fully saturated rings. The summed E-state index contributed by atoms with van der Waals surface area (Å²) in [7, 11) is -4.51. The molecular formula is C9H8F2O4S. The lowest BCUT2D eigenvalue weighted by atomic mass is 10.4. The summed E-state index contributed by atoms with van der Waals surface area (Å²) in [5.41, 5.74) is -2.83. The predicted molar refractivity (Wildman–Crippen MR) is 50.2 cm³/mol. The summed E-state index contributed by atoms with van der Waals surface area (Å²) < 4.78 is 52.5. The SMILES string of the molecule is CC(=O)OC(F)S(=O)(=O)c1cccc(F)c1. The topological polar surface area (TPSA) is 60.4 Å². The second-order valence-corrected chi connectivity index (χ2v) is 4.82. The lowest BCUT2D eigenvalue weighted by molar-refractivity contribution is -0.148. The third-order valence-corrected chi connectivity index (χ3v) is 3.12. The summed E-state index contributed by atoms with van der Waals surface area (Å²) in [4.78, 5) is 9.82. The molecule has 0 radical (unpaired) electrons. The average Bonchev–Trinajstić information content (AvgIpc) is 2.16. The molecule has 0 spiro atoms. The summed E-state index contributed by atoms with van der Waals surface area (Å²) in [5.74, 6) is -1.90. The molecule has 0 amide bonds. The van der Waals surface area contributed by atoms with Gasteiger partial charge in [0.1, 0.15) is 5.82 Å². The Morgan fingerprint density at radius 3 is 2.56 bits per heavy atom. The zero-order valence-corrected chi connectivity index (χ0v) is 9.00. The molecule has 0 aliphatic heterocycles. The van der Waals surface area contributed by atoms with E-state index in [1.165, 1.54) is 0 Å². The summed E-state index contributed by atoms with van der Waals surface area (Å²) >= 11 is 0. The van der Waals surface area contributed by atoms with Gasteiger partial charge in [-0.3, -0.25) is 4.79 Å². The van der Waals surface area contributed by atoms with Gasteiger partial charge in [0.05, 0.1) is 4.90 Å². The van der Waals surface area contributed by atoms with Gasteiger partial charge in [-0.05, 0) is 18.2 Å². The predicted octanol–water partition coefficient (Wildman–Crippen LogP) is 1.42. The molecule has 1 atom stereocenters. The zero-order chi connectivity index (χ0) is 12.3. The molecule has 0 aliphatic rings. The van der Waals surface area contributed by atoms with Crippen molar-refractivity contribution in [2.45, 2.75) is 17.5 Å². The summed E-state index contributed by atoms with van der Waals surface area (Å²) in [5, 5.41) is 0. The maximum absolute atomic E-state index is 13.1. The third kappa shape index (κ3) is 2.75. The van der Waals surface area contributed by atoms with Crippen LogP contribution in [-0.2, 0) is 19.4 Å². The minimum atomic E-state index is -4.51. The van der Waals surface area contributed by atoms with E-state index in [9.17, 15) is 22.0 Å². The van der Waals surface area contributed by atoms with Crippen LogP contribution in [0.25, 0.3) is 0 Å². The number of halogens is 2. The molecule has 7 heteroatoms. The minimum absolute atomic E-state index is 0.582.